The van der Waals surface area contributed by atoms with E-state index in [0.29, 0.717) is 18.0 Å². The van der Waals surface area contributed by atoms with Crippen molar-refractivity contribution in [3.63, 3.8) is 0 Å². The number of sulfone groups is 1. The van der Waals surface area contributed by atoms with Crippen molar-refractivity contribution in [3.05, 3.63) is 29.8 Å². The smallest absolute Gasteiger partial charge is 0.304 e. The summed E-state index contributed by atoms with van der Waals surface area (Å²) in [4.78, 5) is 13.0. The molecule has 0 saturated heterocycles. The number of carboxylic acid groups (broad SMARTS) is 1. The van der Waals surface area contributed by atoms with E-state index in [4.69, 9.17) is 5.11 Å². The van der Waals surface area contributed by atoms with Gasteiger partial charge in [0.05, 0.1) is 23.1 Å². The number of hydrogen-bond acceptors (Lipinski definition) is 4. The third-order valence-electron chi connectivity index (χ3n) is 3.45. The maximum Gasteiger partial charge on any atom is 0.304 e. The van der Waals surface area contributed by atoms with E-state index >= 15 is 0 Å². The van der Waals surface area contributed by atoms with E-state index < -0.39 is 15.8 Å². The molecule has 1 atom stereocenters. The number of carbonyl (C=O) groups is 1. The van der Waals surface area contributed by atoms with Crippen LogP contribution in [0.4, 0.5) is 0 Å². The molecule has 2 rings (SSSR count). The summed E-state index contributed by atoms with van der Waals surface area (Å²) in [5.41, 5.74) is 0.787. The van der Waals surface area contributed by atoms with Crippen LogP contribution in [0.3, 0.4) is 0 Å². The summed E-state index contributed by atoms with van der Waals surface area (Å²) < 4.78 is 24.2. The van der Waals surface area contributed by atoms with Crippen molar-refractivity contribution in [2.75, 3.05) is 18.8 Å². The van der Waals surface area contributed by atoms with Gasteiger partial charge < -0.3 is 5.11 Å². The lowest BCUT2D eigenvalue weighted by molar-refractivity contribution is -0.137. The Morgan fingerprint density at radius 2 is 2.11 bits per heavy atom. The van der Waals surface area contributed by atoms with Crippen LogP contribution in [0, 0.1) is 0 Å². The first-order valence-electron chi connectivity index (χ1n) is 6.23. The monoisotopic (exact) mass is 283 g/mol. The van der Waals surface area contributed by atoms with Gasteiger partial charge in [0.25, 0.3) is 0 Å². The molecule has 1 heterocycles. The third-order valence-corrected chi connectivity index (χ3v) is 5.25. The highest BCUT2D eigenvalue weighted by Gasteiger charge is 2.37. The SMILES string of the molecule is CCN(CCC(=O)O)C1CS(=O)(=O)c2ccccc21. The minimum atomic E-state index is -3.24. The second-order valence-corrected chi connectivity index (χ2v) is 6.61. The van der Waals surface area contributed by atoms with Gasteiger partial charge in [-0.2, -0.15) is 0 Å². The molecule has 1 aromatic carbocycles. The van der Waals surface area contributed by atoms with Crippen molar-refractivity contribution in [1.82, 2.24) is 4.90 Å². The maximum absolute atomic E-state index is 12.1. The normalized spacial score (nSPS) is 20.4. The highest BCUT2D eigenvalue weighted by atomic mass is 32.2. The molecule has 5 nitrogen and oxygen atoms in total. The molecule has 1 aliphatic rings. The molecule has 0 aromatic heterocycles. The van der Waals surface area contributed by atoms with E-state index in [9.17, 15) is 13.2 Å². The van der Waals surface area contributed by atoms with Gasteiger partial charge in [0, 0.05) is 6.54 Å². The third kappa shape index (κ3) is 2.79. The minimum Gasteiger partial charge on any atom is -0.481 e. The number of carboxylic acids is 1. The molecule has 0 bridgehead atoms. The number of rotatable bonds is 5. The number of aliphatic carboxylic acids is 1. The van der Waals surface area contributed by atoms with Crippen LogP contribution in [-0.2, 0) is 14.6 Å². The second kappa shape index (κ2) is 5.30. The van der Waals surface area contributed by atoms with E-state index in [1.54, 1.807) is 12.1 Å². The van der Waals surface area contributed by atoms with Crippen LogP contribution in [0.15, 0.2) is 29.2 Å². The van der Waals surface area contributed by atoms with Crippen LogP contribution in [0.2, 0.25) is 0 Å². The van der Waals surface area contributed by atoms with Crippen molar-refractivity contribution in [2.45, 2.75) is 24.3 Å². The van der Waals surface area contributed by atoms with Gasteiger partial charge in [-0.3, -0.25) is 9.69 Å². The van der Waals surface area contributed by atoms with E-state index in [1.165, 1.54) is 0 Å². The van der Waals surface area contributed by atoms with Gasteiger partial charge in [-0.1, -0.05) is 25.1 Å². The van der Waals surface area contributed by atoms with Crippen molar-refractivity contribution in [3.8, 4) is 0 Å². The zero-order valence-electron chi connectivity index (χ0n) is 10.7. The molecule has 6 heteroatoms. The molecule has 1 N–H and O–H groups in total. The van der Waals surface area contributed by atoms with Gasteiger partial charge in [0.15, 0.2) is 9.84 Å². The van der Waals surface area contributed by atoms with Gasteiger partial charge in [-0.25, -0.2) is 8.42 Å². The number of nitrogens with zero attached hydrogens (tertiary/aromatic N) is 1. The zero-order valence-corrected chi connectivity index (χ0v) is 11.6. The van der Waals surface area contributed by atoms with Crippen molar-refractivity contribution in [2.24, 2.45) is 0 Å². The lowest BCUT2D eigenvalue weighted by atomic mass is 10.1. The summed E-state index contributed by atoms with van der Waals surface area (Å²) in [6.45, 7) is 2.90. The Labute approximate surface area is 112 Å². The van der Waals surface area contributed by atoms with Crippen LogP contribution in [-0.4, -0.2) is 43.2 Å². The molecule has 104 valence electrons. The second-order valence-electron chi connectivity index (χ2n) is 4.61. The summed E-state index contributed by atoms with van der Waals surface area (Å²) >= 11 is 0. The number of hydrogen-bond donors (Lipinski definition) is 1. The lowest BCUT2D eigenvalue weighted by Gasteiger charge is -2.26. The van der Waals surface area contributed by atoms with Gasteiger partial charge in [0.2, 0.25) is 0 Å². The summed E-state index contributed by atoms with van der Waals surface area (Å²) in [6, 6.07) is 6.73. The summed E-state index contributed by atoms with van der Waals surface area (Å²) in [7, 11) is -3.24. The van der Waals surface area contributed by atoms with Gasteiger partial charge in [0.1, 0.15) is 0 Å². The molecule has 19 heavy (non-hydrogen) atoms. The molecule has 0 radical (unpaired) electrons. The van der Waals surface area contributed by atoms with Crippen molar-refractivity contribution < 1.29 is 18.3 Å². The Bertz CT molecular complexity index is 582. The Kier molecular flexibility index (Phi) is 3.91. The number of benzene rings is 1. The van der Waals surface area contributed by atoms with Crippen molar-refractivity contribution >= 4 is 15.8 Å². The molecular weight excluding hydrogens is 266 g/mol. The Morgan fingerprint density at radius 1 is 1.42 bits per heavy atom. The molecule has 0 saturated carbocycles. The highest BCUT2D eigenvalue weighted by Crippen LogP contribution is 2.36. The first-order valence-corrected chi connectivity index (χ1v) is 7.88. The van der Waals surface area contributed by atoms with Crippen LogP contribution in [0.5, 0.6) is 0 Å². The predicted molar refractivity (Wildman–Crippen MR) is 70.7 cm³/mol. The topological polar surface area (TPSA) is 74.7 Å². The standard InChI is InChI=1S/C13H17NO4S/c1-2-14(8-7-13(15)16)11-9-19(17,18)12-6-4-3-5-10(11)12/h3-6,11H,2,7-9H2,1H3,(H,15,16). The first-order chi connectivity index (χ1) is 8.95. The molecule has 1 unspecified atom stereocenters. The quantitative estimate of drug-likeness (QED) is 0.882. The largest absolute Gasteiger partial charge is 0.481 e. The molecule has 1 aliphatic heterocycles. The van der Waals surface area contributed by atoms with E-state index in [-0.39, 0.29) is 18.2 Å². The first kappa shape index (κ1) is 14.0. The maximum atomic E-state index is 12.1. The molecule has 1 aromatic rings. The van der Waals surface area contributed by atoms with Crippen LogP contribution in [0.1, 0.15) is 24.9 Å². The molecule has 0 spiro atoms. The molecular formula is C13H17NO4S. The van der Waals surface area contributed by atoms with Crippen LogP contribution in [0.25, 0.3) is 0 Å². The Balaban J connectivity index is 2.29. The van der Waals surface area contributed by atoms with Gasteiger partial charge >= 0.3 is 5.97 Å². The minimum absolute atomic E-state index is 0.0204. The van der Waals surface area contributed by atoms with Crippen LogP contribution >= 0.6 is 0 Å². The Hall–Kier alpha value is -1.40. The fourth-order valence-corrected chi connectivity index (χ4v) is 4.34. The average Bonchev–Trinajstić information content (AvgIpc) is 2.63. The average molecular weight is 283 g/mol. The van der Waals surface area contributed by atoms with Crippen molar-refractivity contribution in [1.29, 1.82) is 0 Å². The van der Waals surface area contributed by atoms with E-state index in [2.05, 4.69) is 0 Å². The summed E-state index contributed by atoms with van der Waals surface area (Å²) in [5, 5.41) is 8.75. The van der Waals surface area contributed by atoms with Gasteiger partial charge in [-0.05, 0) is 18.2 Å². The lowest BCUT2D eigenvalue weighted by Crippen LogP contribution is -2.31. The van der Waals surface area contributed by atoms with E-state index in [1.807, 2.05) is 24.0 Å². The fourth-order valence-electron chi connectivity index (χ4n) is 2.50. The Morgan fingerprint density at radius 3 is 2.74 bits per heavy atom. The number of fused-ring (bicyclic) bond motifs is 1. The fraction of sp³-hybridized carbons (Fsp3) is 0.462. The van der Waals surface area contributed by atoms with Crippen LogP contribution < -0.4 is 0 Å². The molecule has 0 amide bonds. The zero-order chi connectivity index (χ0) is 14.0. The molecule has 0 aliphatic carbocycles. The summed E-state index contributed by atoms with van der Waals surface area (Å²) in [5.74, 6) is -0.826. The highest BCUT2D eigenvalue weighted by molar-refractivity contribution is 7.91. The predicted octanol–water partition coefficient (Wildman–Crippen LogP) is 1.31. The summed E-state index contributed by atoms with van der Waals surface area (Å²) in [6.07, 6.45) is 0.0204. The van der Waals surface area contributed by atoms with E-state index in [0.717, 1.165) is 5.56 Å². The van der Waals surface area contributed by atoms with Gasteiger partial charge in [-0.15, -0.1) is 0 Å². The molecule has 0 fully saturated rings.